The van der Waals surface area contributed by atoms with Crippen molar-refractivity contribution in [2.45, 2.75) is 0 Å². The monoisotopic (exact) mass is 792 g/mol. The average molecular weight is 793 g/mol. The van der Waals surface area contributed by atoms with Crippen LogP contribution in [0.25, 0.3) is 124 Å². The van der Waals surface area contributed by atoms with Crippen LogP contribution in [0.5, 0.6) is 0 Å². The molecule has 4 heterocycles. The molecular formula is C54H28N6S. The fourth-order valence-electron chi connectivity index (χ4n) is 10.1. The Morgan fingerprint density at radius 2 is 1.15 bits per heavy atom. The predicted molar refractivity (Wildman–Crippen MR) is 252 cm³/mol. The van der Waals surface area contributed by atoms with Crippen LogP contribution < -0.4 is 0 Å². The molecule has 9 aromatic carbocycles. The summed E-state index contributed by atoms with van der Waals surface area (Å²) >= 11 is 1.80. The number of hydrogen-bond donors (Lipinski definition) is 0. The first kappa shape index (κ1) is 33.6. The first-order chi connectivity index (χ1) is 30.2. The normalized spacial score (nSPS) is 11.9. The van der Waals surface area contributed by atoms with Gasteiger partial charge in [-0.15, -0.1) is 11.3 Å². The largest absolute Gasteiger partial charge is 0.318 e. The van der Waals surface area contributed by atoms with Gasteiger partial charge in [-0.3, -0.25) is 0 Å². The molecule has 0 aliphatic carbocycles. The zero-order valence-corrected chi connectivity index (χ0v) is 33.1. The quantitative estimate of drug-likeness (QED) is 0.132. The number of nitrogens with zero attached hydrogens (tertiary/aromatic N) is 6. The summed E-state index contributed by atoms with van der Waals surface area (Å²) in [5.74, 6) is 0. The minimum atomic E-state index is 0.406. The number of aromatic nitrogens is 4. The second kappa shape index (κ2) is 12.6. The van der Waals surface area contributed by atoms with Crippen LogP contribution in [0, 0.1) is 17.9 Å². The number of thiophene rings is 1. The molecule has 0 unspecified atom stereocenters. The maximum absolute atomic E-state index is 11.7. The van der Waals surface area contributed by atoms with E-state index in [1.54, 1.807) is 17.7 Å². The van der Waals surface area contributed by atoms with Crippen LogP contribution in [-0.4, -0.2) is 19.1 Å². The van der Waals surface area contributed by atoms with E-state index in [0.29, 0.717) is 22.5 Å². The van der Waals surface area contributed by atoms with E-state index in [1.807, 2.05) is 54.7 Å². The Hall–Kier alpha value is -8.36. The van der Waals surface area contributed by atoms with E-state index in [0.717, 1.165) is 87.7 Å². The molecule has 280 valence electrons. The van der Waals surface area contributed by atoms with E-state index in [-0.39, 0.29) is 0 Å². The Morgan fingerprint density at radius 1 is 0.525 bits per heavy atom. The Balaban J connectivity index is 1.32. The van der Waals surface area contributed by atoms with Crippen molar-refractivity contribution in [3.05, 3.63) is 187 Å². The maximum Gasteiger partial charge on any atom is 0.220 e. The number of para-hydroxylation sites is 1. The van der Waals surface area contributed by atoms with E-state index >= 15 is 0 Å². The molecule has 0 N–H and O–H groups in total. The molecular weight excluding hydrogens is 765 g/mol. The Bertz CT molecular complexity index is 3980. The van der Waals surface area contributed by atoms with Gasteiger partial charge >= 0.3 is 0 Å². The minimum absolute atomic E-state index is 0.406. The van der Waals surface area contributed by atoms with Crippen LogP contribution in [0.2, 0.25) is 0 Å². The van der Waals surface area contributed by atoms with Gasteiger partial charge in [0.05, 0.1) is 51.1 Å². The zero-order valence-electron chi connectivity index (χ0n) is 32.3. The number of nitriles is 1. The molecule has 6 nitrogen and oxygen atoms in total. The third-order valence-electron chi connectivity index (χ3n) is 12.5. The summed E-state index contributed by atoms with van der Waals surface area (Å²) in [5.41, 5.74) is 10.1. The van der Waals surface area contributed by atoms with Crippen LogP contribution in [0.4, 0.5) is 5.69 Å². The average Bonchev–Trinajstić information content (AvgIpc) is 3.97. The molecule has 0 saturated carbocycles. The van der Waals surface area contributed by atoms with Gasteiger partial charge in [-0.1, -0.05) is 121 Å². The summed E-state index contributed by atoms with van der Waals surface area (Å²) < 4.78 is 7.02. The standard InChI is InChI=1S/C54H28N6S/c1-56-52-47(31-14-4-2-5-15-31)39(28-55)53(59-41-22-10-8-18-33(41)37-27-46-38(26-44(37)59)34-19-9-11-25-45(34)61-46)48(32-16-6-3-7-17-32)54(52)60-42-23-12-20-35-40-29-57-30-58-51(40)36-21-13-24-43(60)50(36)49(35)42/h2-27,29-30H. The molecule has 0 atom stereocenters. The summed E-state index contributed by atoms with van der Waals surface area (Å²) in [5, 5.41) is 21.5. The van der Waals surface area contributed by atoms with Crippen LogP contribution >= 0.6 is 11.3 Å². The van der Waals surface area contributed by atoms with Crippen LogP contribution in [0.15, 0.2) is 170 Å². The van der Waals surface area contributed by atoms with E-state index in [1.165, 1.54) is 20.2 Å². The molecule has 0 radical (unpaired) electrons. The Kier molecular flexibility index (Phi) is 6.92. The highest BCUT2D eigenvalue weighted by Crippen LogP contribution is 2.53. The van der Waals surface area contributed by atoms with Crippen molar-refractivity contribution in [1.29, 1.82) is 5.26 Å². The van der Waals surface area contributed by atoms with Gasteiger partial charge in [-0.2, -0.15) is 5.26 Å². The van der Waals surface area contributed by atoms with Gasteiger partial charge in [0.25, 0.3) is 0 Å². The Labute approximate surface area is 352 Å². The molecule has 0 amide bonds. The lowest BCUT2D eigenvalue weighted by Gasteiger charge is -2.25. The number of hydrogen-bond acceptors (Lipinski definition) is 4. The van der Waals surface area contributed by atoms with Gasteiger partial charge < -0.3 is 9.13 Å². The number of rotatable bonds is 4. The van der Waals surface area contributed by atoms with E-state index in [2.05, 4.69) is 134 Å². The fraction of sp³-hybridized carbons (Fsp3) is 0. The van der Waals surface area contributed by atoms with Crippen molar-refractivity contribution in [3.8, 4) is 39.7 Å². The second-order valence-corrected chi connectivity index (χ2v) is 16.5. The molecule has 61 heavy (non-hydrogen) atoms. The van der Waals surface area contributed by atoms with Gasteiger partial charge in [-0.05, 0) is 52.9 Å². The Morgan fingerprint density at radius 3 is 1.90 bits per heavy atom. The molecule has 0 bridgehead atoms. The molecule has 7 heteroatoms. The molecule has 0 aliphatic rings. The topological polar surface area (TPSA) is 63.8 Å². The smallest absolute Gasteiger partial charge is 0.220 e. The predicted octanol–water partition coefficient (Wildman–Crippen LogP) is 14.5. The third-order valence-corrected chi connectivity index (χ3v) is 13.6. The maximum atomic E-state index is 11.7. The van der Waals surface area contributed by atoms with Crippen LogP contribution in [0.1, 0.15) is 5.56 Å². The second-order valence-electron chi connectivity index (χ2n) is 15.5. The van der Waals surface area contributed by atoms with Crippen molar-refractivity contribution in [1.82, 2.24) is 19.1 Å². The van der Waals surface area contributed by atoms with Crippen molar-refractivity contribution < 1.29 is 0 Å². The zero-order chi connectivity index (χ0) is 40.3. The van der Waals surface area contributed by atoms with E-state index < -0.39 is 0 Å². The highest BCUT2D eigenvalue weighted by atomic mass is 32.1. The van der Waals surface area contributed by atoms with Gasteiger partial charge in [0.1, 0.15) is 12.4 Å². The molecule has 0 spiro atoms. The summed E-state index contributed by atoms with van der Waals surface area (Å²) in [6.45, 7) is 9.16. The highest BCUT2D eigenvalue weighted by Gasteiger charge is 2.32. The van der Waals surface area contributed by atoms with E-state index in [4.69, 9.17) is 11.6 Å². The molecule has 13 rings (SSSR count). The van der Waals surface area contributed by atoms with Crippen LogP contribution in [0.3, 0.4) is 0 Å². The van der Waals surface area contributed by atoms with Crippen molar-refractivity contribution >= 4 is 102 Å². The molecule has 0 aliphatic heterocycles. The third kappa shape index (κ3) is 4.47. The minimum Gasteiger partial charge on any atom is -0.318 e. The lowest BCUT2D eigenvalue weighted by molar-refractivity contribution is 1.13. The SMILES string of the molecule is [C-]#[N+]c1c(-c2ccccc2)c(C#N)c(-n2c3ccccc3c3cc4sc5ccccc5c4cc32)c(-c2ccccc2)c1-n1c2cccc3c4cncnc4c4cccc1c4c32. The lowest BCUT2D eigenvalue weighted by atomic mass is 9.88. The highest BCUT2D eigenvalue weighted by molar-refractivity contribution is 7.25. The first-order valence-corrected chi connectivity index (χ1v) is 20.9. The molecule has 13 aromatic rings. The first-order valence-electron chi connectivity index (χ1n) is 20.1. The fourth-order valence-corrected chi connectivity index (χ4v) is 11.2. The van der Waals surface area contributed by atoms with Gasteiger partial charge in [0.2, 0.25) is 5.69 Å². The molecule has 4 aromatic heterocycles. The van der Waals surface area contributed by atoms with Crippen LogP contribution in [-0.2, 0) is 0 Å². The van der Waals surface area contributed by atoms with Gasteiger partial charge in [0.15, 0.2) is 0 Å². The number of benzene rings is 9. The molecule has 0 saturated heterocycles. The van der Waals surface area contributed by atoms with E-state index in [9.17, 15) is 5.26 Å². The number of fused-ring (bicyclic) bond motifs is 9. The summed E-state index contributed by atoms with van der Waals surface area (Å²) in [6.07, 6.45) is 3.52. The van der Waals surface area contributed by atoms with Crippen molar-refractivity contribution in [2.24, 2.45) is 0 Å². The summed E-state index contributed by atoms with van der Waals surface area (Å²) in [7, 11) is 0. The summed E-state index contributed by atoms with van der Waals surface area (Å²) in [6, 6.07) is 57.4. The van der Waals surface area contributed by atoms with Crippen molar-refractivity contribution in [3.63, 3.8) is 0 Å². The summed E-state index contributed by atoms with van der Waals surface area (Å²) in [4.78, 5) is 13.8. The van der Waals surface area contributed by atoms with Gasteiger partial charge in [0, 0.05) is 69.8 Å². The van der Waals surface area contributed by atoms with Gasteiger partial charge in [-0.25, -0.2) is 14.8 Å². The lowest BCUT2D eigenvalue weighted by Crippen LogP contribution is -2.08. The van der Waals surface area contributed by atoms with Crippen molar-refractivity contribution in [2.75, 3.05) is 0 Å². The molecule has 0 fully saturated rings.